The molecule has 5 heteroatoms. The van der Waals surface area contributed by atoms with Crippen molar-refractivity contribution in [2.24, 2.45) is 23.3 Å². The summed E-state index contributed by atoms with van der Waals surface area (Å²) in [5.41, 5.74) is 15.5. The Labute approximate surface area is 177 Å². The monoisotopic (exact) mass is 405 g/mol. The summed E-state index contributed by atoms with van der Waals surface area (Å²) >= 11 is 0. The average Bonchev–Trinajstić information content (AvgIpc) is 3.26. The van der Waals surface area contributed by atoms with Crippen LogP contribution in [0.25, 0.3) is 11.0 Å². The van der Waals surface area contributed by atoms with Crippen molar-refractivity contribution in [1.29, 1.82) is 5.41 Å². The number of hydrogen-bond acceptors (Lipinski definition) is 4. The number of furan rings is 1. The number of nitrogen functional groups attached to an aromatic ring is 1. The summed E-state index contributed by atoms with van der Waals surface area (Å²) in [7, 11) is 0. The predicted molar refractivity (Wildman–Crippen MR) is 121 cm³/mol. The van der Waals surface area contributed by atoms with Crippen LogP contribution in [0.4, 0.5) is 0 Å². The molecular weight excluding hydrogens is 374 g/mol. The van der Waals surface area contributed by atoms with Crippen LogP contribution in [-0.4, -0.2) is 19.0 Å². The van der Waals surface area contributed by atoms with Crippen LogP contribution < -0.4 is 11.5 Å². The van der Waals surface area contributed by atoms with Crippen molar-refractivity contribution in [3.05, 3.63) is 71.5 Å². The second kappa shape index (κ2) is 9.45. The maximum Gasteiger partial charge on any atom is 0.134 e. The average molecular weight is 406 g/mol. The molecule has 5 nitrogen and oxygen atoms in total. The lowest BCUT2D eigenvalue weighted by Crippen LogP contribution is -2.24. The van der Waals surface area contributed by atoms with Crippen molar-refractivity contribution in [3.63, 3.8) is 0 Å². The molecule has 1 saturated carbocycles. The molecule has 1 aliphatic carbocycles. The molecule has 4 rings (SSSR count). The minimum absolute atomic E-state index is 0.0695. The molecule has 0 spiro atoms. The first-order chi connectivity index (χ1) is 14.7. The molecule has 0 saturated heterocycles. The number of benzene rings is 2. The van der Waals surface area contributed by atoms with Gasteiger partial charge in [-0.05, 0) is 73.4 Å². The summed E-state index contributed by atoms with van der Waals surface area (Å²) in [6, 6.07) is 16.0. The second-order valence-electron chi connectivity index (χ2n) is 8.40. The van der Waals surface area contributed by atoms with E-state index in [2.05, 4.69) is 12.1 Å². The molecule has 30 heavy (non-hydrogen) atoms. The van der Waals surface area contributed by atoms with Gasteiger partial charge >= 0.3 is 0 Å². The summed E-state index contributed by atoms with van der Waals surface area (Å²) in [5.74, 6) is 1.32. The van der Waals surface area contributed by atoms with Gasteiger partial charge in [-0.2, -0.15) is 0 Å². The largest absolute Gasteiger partial charge is 0.464 e. The summed E-state index contributed by atoms with van der Waals surface area (Å²) in [4.78, 5) is 0. The maximum atomic E-state index is 8.05. The highest BCUT2D eigenvalue weighted by Gasteiger charge is 2.24. The van der Waals surface area contributed by atoms with E-state index in [1.807, 2.05) is 36.4 Å². The van der Waals surface area contributed by atoms with Gasteiger partial charge < -0.3 is 20.6 Å². The summed E-state index contributed by atoms with van der Waals surface area (Å²) in [6.45, 7) is 1.54. The van der Waals surface area contributed by atoms with Gasteiger partial charge in [0.25, 0.3) is 0 Å². The van der Waals surface area contributed by atoms with Crippen molar-refractivity contribution >= 4 is 16.8 Å². The third-order valence-corrected chi connectivity index (χ3v) is 6.43. The highest BCUT2D eigenvalue weighted by atomic mass is 16.5. The van der Waals surface area contributed by atoms with Crippen molar-refractivity contribution in [1.82, 2.24) is 0 Å². The Kier molecular flexibility index (Phi) is 6.50. The van der Waals surface area contributed by atoms with E-state index in [1.54, 1.807) is 6.26 Å². The van der Waals surface area contributed by atoms with Crippen molar-refractivity contribution < 1.29 is 9.15 Å². The molecule has 1 fully saturated rings. The van der Waals surface area contributed by atoms with Crippen LogP contribution in [0.2, 0.25) is 0 Å². The Bertz CT molecular complexity index is 974. The zero-order valence-electron chi connectivity index (χ0n) is 17.3. The highest BCUT2D eigenvalue weighted by Crippen LogP contribution is 2.33. The molecule has 0 amide bonds. The number of nitrogens with one attached hydrogen (secondary N) is 1. The van der Waals surface area contributed by atoms with E-state index >= 15 is 0 Å². The van der Waals surface area contributed by atoms with E-state index in [-0.39, 0.29) is 11.9 Å². The molecule has 1 heterocycles. The second-order valence-corrected chi connectivity index (χ2v) is 8.40. The van der Waals surface area contributed by atoms with Gasteiger partial charge in [-0.15, -0.1) is 0 Å². The van der Waals surface area contributed by atoms with Gasteiger partial charge in [0.2, 0.25) is 0 Å². The van der Waals surface area contributed by atoms with Crippen LogP contribution in [-0.2, 0) is 11.2 Å². The van der Waals surface area contributed by atoms with Gasteiger partial charge in [0.15, 0.2) is 0 Å². The van der Waals surface area contributed by atoms with E-state index in [9.17, 15) is 0 Å². The zero-order valence-corrected chi connectivity index (χ0v) is 17.3. The smallest absolute Gasteiger partial charge is 0.134 e. The van der Waals surface area contributed by atoms with Crippen LogP contribution in [0, 0.1) is 17.2 Å². The Hall–Kier alpha value is -2.63. The van der Waals surface area contributed by atoms with Gasteiger partial charge in [-0.3, -0.25) is 5.41 Å². The lowest BCUT2D eigenvalue weighted by Gasteiger charge is -2.29. The Morgan fingerprint density at radius 3 is 2.47 bits per heavy atom. The minimum Gasteiger partial charge on any atom is -0.464 e. The SMILES string of the molecule is N=C(N)c1ccc2occc2c1CC(OCC1CCC(CN)CC1)c1ccccc1. The quantitative estimate of drug-likeness (QED) is 0.371. The number of fused-ring (bicyclic) bond motifs is 1. The molecule has 0 bridgehead atoms. The Morgan fingerprint density at radius 2 is 1.77 bits per heavy atom. The fraction of sp³-hybridized carbons (Fsp3) is 0.400. The molecule has 1 unspecified atom stereocenters. The van der Waals surface area contributed by atoms with Crippen molar-refractivity contribution in [2.45, 2.75) is 38.2 Å². The van der Waals surface area contributed by atoms with Crippen LogP contribution in [0.1, 0.15) is 48.5 Å². The van der Waals surface area contributed by atoms with Crippen LogP contribution in [0.3, 0.4) is 0 Å². The fourth-order valence-corrected chi connectivity index (χ4v) is 4.59. The van der Waals surface area contributed by atoms with Crippen molar-refractivity contribution in [3.8, 4) is 0 Å². The van der Waals surface area contributed by atoms with Gasteiger partial charge in [-0.1, -0.05) is 30.3 Å². The van der Waals surface area contributed by atoms with Crippen LogP contribution >= 0.6 is 0 Å². The first-order valence-electron chi connectivity index (χ1n) is 10.9. The number of amidine groups is 1. The third kappa shape index (κ3) is 4.58. The normalized spacial score (nSPS) is 20.3. The molecular formula is C25H31N3O2. The fourth-order valence-electron chi connectivity index (χ4n) is 4.59. The minimum atomic E-state index is -0.1000. The summed E-state index contributed by atoms with van der Waals surface area (Å²) < 4.78 is 12.1. The zero-order chi connectivity index (χ0) is 20.9. The Morgan fingerprint density at radius 1 is 1.03 bits per heavy atom. The molecule has 3 aromatic rings. The molecule has 0 aliphatic heterocycles. The predicted octanol–water partition coefficient (Wildman–Crippen LogP) is 4.78. The van der Waals surface area contributed by atoms with E-state index in [1.165, 1.54) is 25.7 Å². The van der Waals surface area contributed by atoms with E-state index < -0.39 is 0 Å². The van der Waals surface area contributed by atoms with Gasteiger partial charge in [-0.25, -0.2) is 0 Å². The van der Waals surface area contributed by atoms with Gasteiger partial charge in [0.05, 0.1) is 19.0 Å². The molecule has 2 aromatic carbocycles. The molecule has 1 aromatic heterocycles. The number of rotatable bonds is 8. The molecule has 1 atom stereocenters. The van der Waals surface area contributed by atoms with Crippen LogP contribution in [0.15, 0.2) is 59.2 Å². The van der Waals surface area contributed by atoms with Gasteiger partial charge in [0.1, 0.15) is 11.4 Å². The number of hydrogen-bond donors (Lipinski definition) is 3. The standard InChI is InChI=1S/C25H31N3O2/c26-15-17-6-8-18(9-7-17)16-30-24(19-4-2-1-3-5-19)14-22-20-12-13-29-23(20)11-10-21(22)25(27)28/h1-5,10-13,17-18,24H,6-9,14-16,26H2,(H3,27,28). The topological polar surface area (TPSA) is 98.3 Å². The molecule has 1 aliphatic rings. The molecule has 5 N–H and O–H groups in total. The van der Waals surface area contributed by atoms with E-state index in [0.29, 0.717) is 18.3 Å². The van der Waals surface area contributed by atoms with Gasteiger partial charge in [0, 0.05) is 17.4 Å². The summed E-state index contributed by atoms with van der Waals surface area (Å²) in [6.07, 6.45) is 6.99. The number of nitrogens with two attached hydrogens (primary N) is 2. The Balaban J connectivity index is 1.57. The highest BCUT2D eigenvalue weighted by molar-refractivity contribution is 6.01. The van der Waals surface area contributed by atoms with Crippen LogP contribution in [0.5, 0.6) is 0 Å². The molecule has 0 radical (unpaired) electrons. The first kappa shape index (κ1) is 20.6. The first-order valence-corrected chi connectivity index (χ1v) is 10.9. The third-order valence-electron chi connectivity index (χ3n) is 6.43. The van der Waals surface area contributed by atoms with E-state index in [4.69, 9.17) is 26.0 Å². The number of ether oxygens (including phenoxy) is 1. The maximum absolute atomic E-state index is 8.05. The lowest BCUT2D eigenvalue weighted by molar-refractivity contribution is 0.0165. The summed E-state index contributed by atoms with van der Waals surface area (Å²) in [5, 5.41) is 9.05. The van der Waals surface area contributed by atoms with Crippen molar-refractivity contribution in [2.75, 3.05) is 13.2 Å². The van der Waals surface area contributed by atoms with E-state index in [0.717, 1.165) is 40.8 Å². The molecule has 158 valence electrons. The lowest BCUT2D eigenvalue weighted by atomic mass is 9.82.